The molecule has 37 heavy (non-hydrogen) atoms. The van der Waals surface area contributed by atoms with Crippen molar-refractivity contribution < 1.29 is 27.7 Å². The molecule has 4 rings (SSSR count). The van der Waals surface area contributed by atoms with E-state index in [1.165, 1.54) is 41.4 Å². The predicted octanol–water partition coefficient (Wildman–Crippen LogP) is 4.37. The Morgan fingerprint density at radius 3 is 2.43 bits per heavy atom. The van der Waals surface area contributed by atoms with Crippen LogP contribution in [0.25, 0.3) is 0 Å². The number of amides is 2. The van der Waals surface area contributed by atoms with Crippen LogP contribution in [0, 0.1) is 10.1 Å². The number of nitrogens with zero attached hydrogens (tertiary/aromatic N) is 4. The summed E-state index contributed by atoms with van der Waals surface area (Å²) in [4.78, 5) is 42.7. The third kappa shape index (κ3) is 5.92. The van der Waals surface area contributed by atoms with Crippen molar-refractivity contribution in [3.8, 4) is 0 Å². The topological polar surface area (TPSA) is 109 Å². The number of carbonyl (C=O) groups is 2. The monoisotopic (exact) mass is 511 g/mol. The summed E-state index contributed by atoms with van der Waals surface area (Å²) in [5, 5.41) is 13.4. The van der Waals surface area contributed by atoms with E-state index in [1.807, 2.05) is 0 Å². The van der Waals surface area contributed by atoms with E-state index in [2.05, 4.69) is 10.3 Å². The second-order valence-electron chi connectivity index (χ2n) is 8.08. The van der Waals surface area contributed by atoms with Gasteiger partial charge in [0.25, 0.3) is 17.5 Å². The zero-order valence-electron chi connectivity index (χ0n) is 19.2. The molecule has 0 atom stereocenters. The van der Waals surface area contributed by atoms with Gasteiger partial charge in [-0.3, -0.25) is 19.7 Å². The van der Waals surface area contributed by atoms with Gasteiger partial charge in [-0.1, -0.05) is 24.3 Å². The Kier molecular flexibility index (Phi) is 7.18. The van der Waals surface area contributed by atoms with Crippen molar-refractivity contribution in [1.29, 1.82) is 0 Å². The lowest BCUT2D eigenvalue weighted by atomic mass is 10.1. The average Bonchev–Trinajstić information content (AvgIpc) is 2.91. The summed E-state index contributed by atoms with van der Waals surface area (Å²) >= 11 is 0. The zero-order valence-corrected chi connectivity index (χ0v) is 19.2. The third-order valence-corrected chi connectivity index (χ3v) is 5.59. The van der Waals surface area contributed by atoms with Gasteiger partial charge < -0.3 is 15.1 Å². The number of nitro groups is 1. The maximum Gasteiger partial charge on any atom is 0.417 e. The zero-order chi connectivity index (χ0) is 26.6. The molecule has 0 bridgehead atoms. The summed E-state index contributed by atoms with van der Waals surface area (Å²) in [6.45, 7) is 0.259. The number of benzene rings is 2. The summed E-state index contributed by atoms with van der Waals surface area (Å²) in [5.41, 5.74) is -0.537. The second-order valence-corrected chi connectivity index (χ2v) is 8.08. The number of hydrogen-bond donors (Lipinski definition) is 1. The standard InChI is InChI=1S/C25H20F3N5O4/c26-25(27,28)21-5-2-1-4-20(21)24(35)32-13-3-12-31(16-32)22-11-8-18(15-29-22)23(34)30-14-17-6-9-19(10-7-17)33(36)37/h1-12,15H,13-14,16H2,(H,30,34). The van der Waals surface area contributed by atoms with E-state index in [4.69, 9.17) is 0 Å². The minimum absolute atomic E-state index is 0.0276. The van der Waals surface area contributed by atoms with Crippen LogP contribution in [0.1, 0.15) is 31.8 Å². The van der Waals surface area contributed by atoms with Crippen molar-refractivity contribution in [3.63, 3.8) is 0 Å². The van der Waals surface area contributed by atoms with E-state index < -0.39 is 34.0 Å². The van der Waals surface area contributed by atoms with Gasteiger partial charge in [0, 0.05) is 37.6 Å². The Hall–Kier alpha value is -4.74. The summed E-state index contributed by atoms with van der Waals surface area (Å²) in [7, 11) is 0. The first kappa shape index (κ1) is 25.4. The number of nitro benzene ring substituents is 1. The first-order valence-corrected chi connectivity index (χ1v) is 11.0. The van der Waals surface area contributed by atoms with Crippen LogP contribution >= 0.6 is 0 Å². The van der Waals surface area contributed by atoms with Gasteiger partial charge in [-0.15, -0.1) is 0 Å². The fraction of sp³-hybridized carbons (Fsp3) is 0.160. The largest absolute Gasteiger partial charge is 0.417 e. The van der Waals surface area contributed by atoms with Crippen LogP contribution in [-0.4, -0.2) is 39.8 Å². The van der Waals surface area contributed by atoms with E-state index >= 15 is 0 Å². The maximum absolute atomic E-state index is 13.4. The molecule has 0 unspecified atom stereocenters. The Morgan fingerprint density at radius 1 is 1.05 bits per heavy atom. The molecule has 190 valence electrons. The first-order chi connectivity index (χ1) is 17.6. The molecular weight excluding hydrogens is 491 g/mol. The molecular formula is C25H20F3N5O4. The molecule has 1 aliphatic heterocycles. The summed E-state index contributed by atoms with van der Waals surface area (Å²) in [6.07, 6.45) is -0.0255. The number of pyridine rings is 1. The van der Waals surface area contributed by atoms with Crippen molar-refractivity contribution in [2.24, 2.45) is 0 Å². The Balaban J connectivity index is 1.39. The van der Waals surface area contributed by atoms with Crippen molar-refractivity contribution in [1.82, 2.24) is 15.2 Å². The molecule has 1 aromatic heterocycles. The van der Waals surface area contributed by atoms with Gasteiger partial charge >= 0.3 is 6.18 Å². The quantitative estimate of drug-likeness (QED) is 0.389. The molecule has 12 heteroatoms. The number of aromatic nitrogens is 1. The number of non-ortho nitro benzene ring substituents is 1. The van der Waals surface area contributed by atoms with Crippen molar-refractivity contribution in [2.75, 3.05) is 18.1 Å². The molecule has 0 saturated carbocycles. The van der Waals surface area contributed by atoms with Gasteiger partial charge in [0.1, 0.15) is 5.82 Å². The summed E-state index contributed by atoms with van der Waals surface area (Å²) < 4.78 is 40.1. The highest BCUT2D eigenvalue weighted by Crippen LogP contribution is 2.32. The molecule has 3 aromatic rings. The molecule has 2 amide bonds. The minimum atomic E-state index is -4.66. The Morgan fingerprint density at radius 2 is 1.78 bits per heavy atom. The first-order valence-electron chi connectivity index (χ1n) is 11.0. The second kappa shape index (κ2) is 10.5. The van der Waals surface area contributed by atoms with Crippen LogP contribution in [0.3, 0.4) is 0 Å². The minimum Gasteiger partial charge on any atom is -0.348 e. The molecule has 1 aliphatic rings. The highest BCUT2D eigenvalue weighted by atomic mass is 19.4. The van der Waals surface area contributed by atoms with Gasteiger partial charge in [-0.05, 0) is 35.9 Å². The molecule has 2 heterocycles. The van der Waals surface area contributed by atoms with E-state index in [1.54, 1.807) is 35.4 Å². The van der Waals surface area contributed by atoms with E-state index in [9.17, 15) is 32.9 Å². The SMILES string of the molecule is O=C(NCc1ccc([N+](=O)[O-])cc1)c1ccc(N2C=CCN(C(=O)c3ccccc3C(F)(F)F)C2)nc1. The van der Waals surface area contributed by atoms with Crippen molar-refractivity contribution in [2.45, 2.75) is 12.7 Å². The van der Waals surface area contributed by atoms with Crippen molar-refractivity contribution in [3.05, 3.63) is 112 Å². The van der Waals surface area contributed by atoms with E-state index in [-0.39, 0.29) is 31.0 Å². The molecule has 2 aromatic carbocycles. The lowest BCUT2D eigenvalue weighted by Gasteiger charge is -2.32. The smallest absolute Gasteiger partial charge is 0.348 e. The number of alkyl halides is 3. The molecule has 0 saturated heterocycles. The van der Waals surface area contributed by atoms with Gasteiger partial charge in [0.05, 0.1) is 28.3 Å². The van der Waals surface area contributed by atoms with Gasteiger partial charge in [-0.25, -0.2) is 4.98 Å². The molecule has 0 radical (unpaired) electrons. The van der Waals surface area contributed by atoms with Gasteiger partial charge in [0.2, 0.25) is 0 Å². The van der Waals surface area contributed by atoms with Crippen molar-refractivity contribution >= 4 is 23.3 Å². The molecule has 1 N–H and O–H groups in total. The van der Waals surface area contributed by atoms with Crippen LogP contribution in [0.15, 0.2) is 79.1 Å². The van der Waals surface area contributed by atoms with Crippen LogP contribution in [0.5, 0.6) is 0 Å². The molecule has 0 aliphatic carbocycles. The molecule has 0 fully saturated rings. The lowest BCUT2D eigenvalue weighted by molar-refractivity contribution is -0.384. The number of halogens is 3. The number of hydrogen-bond acceptors (Lipinski definition) is 6. The Bertz CT molecular complexity index is 1340. The molecule has 0 spiro atoms. The van der Waals surface area contributed by atoms with Crippen LogP contribution in [-0.2, 0) is 12.7 Å². The third-order valence-electron chi connectivity index (χ3n) is 5.59. The normalized spacial score (nSPS) is 13.4. The lowest BCUT2D eigenvalue weighted by Crippen LogP contribution is -2.43. The Labute approximate surface area is 209 Å². The fourth-order valence-electron chi connectivity index (χ4n) is 3.68. The van der Waals surface area contributed by atoms with Crippen LogP contribution in [0.2, 0.25) is 0 Å². The molecule has 9 nitrogen and oxygen atoms in total. The van der Waals surface area contributed by atoms with Crippen LogP contribution < -0.4 is 10.2 Å². The average molecular weight is 511 g/mol. The predicted molar refractivity (Wildman–Crippen MR) is 127 cm³/mol. The van der Waals surface area contributed by atoms with Gasteiger partial charge in [-0.2, -0.15) is 13.2 Å². The number of nitrogens with one attached hydrogen (secondary N) is 1. The van der Waals surface area contributed by atoms with Crippen LogP contribution in [0.4, 0.5) is 24.7 Å². The van der Waals surface area contributed by atoms with E-state index in [0.717, 1.165) is 12.1 Å². The number of carbonyl (C=O) groups excluding carboxylic acids is 2. The summed E-state index contributed by atoms with van der Waals surface area (Å²) in [5.74, 6) is -0.776. The summed E-state index contributed by atoms with van der Waals surface area (Å²) in [6, 6.07) is 13.5. The number of rotatable bonds is 6. The fourth-order valence-corrected chi connectivity index (χ4v) is 3.68. The van der Waals surface area contributed by atoms with Gasteiger partial charge in [0.15, 0.2) is 0 Å². The highest BCUT2D eigenvalue weighted by Gasteiger charge is 2.36. The number of anilines is 1. The van der Waals surface area contributed by atoms with E-state index in [0.29, 0.717) is 11.4 Å². The highest BCUT2D eigenvalue weighted by molar-refractivity contribution is 5.96. The maximum atomic E-state index is 13.4.